The van der Waals surface area contributed by atoms with E-state index in [1.807, 2.05) is 0 Å². The monoisotopic (exact) mass is 247 g/mol. The number of carbonyl (C=O) groups excluding carboxylic acids is 3. The van der Waals surface area contributed by atoms with Gasteiger partial charge in [0.2, 0.25) is 11.8 Å². The third kappa shape index (κ3) is 3.69. The van der Waals surface area contributed by atoms with Crippen LogP contribution >= 0.6 is 11.6 Å². The number of hydrogen-bond donors (Lipinski definition) is 2. The molecule has 1 fully saturated rings. The lowest BCUT2D eigenvalue weighted by molar-refractivity contribution is -0.132. The summed E-state index contributed by atoms with van der Waals surface area (Å²) in [7, 11) is 1.68. The molecule has 1 rings (SSSR count). The molecule has 6 nitrogen and oxygen atoms in total. The Bertz CT molecular complexity index is 308. The molecule has 0 aromatic rings. The molecule has 0 aromatic carbocycles. The summed E-state index contributed by atoms with van der Waals surface area (Å²) in [6.45, 7) is 0.460. The van der Waals surface area contributed by atoms with Crippen molar-refractivity contribution in [3.05, 3.63) is 0 Å². The molecule has 1 aliphatic rings. The highest BCUT2D eigenvalue weighted by molar-refractivity contribution is 6.28. The van der Waals surface area contributed by atoms with E-state index in [2.05, 4.69) is 10.6 Å². The molecule has 0 saturated carbocycles. The topological polar surface area (TPSA) is 78.5 Å². The number of nitrogens with one attached hydrogen (secondary N) is 2. The van der Waals surface area contributed by atoms with Crippen molar-refractivity contribution in [1.29, 1.82) is 0 Å². The summed E-state index contributed by atoms with van der Waals surface area (Å²) >= 11 is 5.24. The maximum Gasteiger partial charge on any atom is 0.321 e. The molecule has 1 heterocycles. The summed E-state index contributed by atoms with van der Waals surface area (Å²) in [4.78, 5) is 34.8. The molecule has 0 radical (unpaired) electrons. The predicted octanol–water partition coefficient (Wildman–Crippen LogP) is -0.328. The zero-order valence-corrected chi connectivity index (χ0v) is 9.71. The summed E-state index contributed by atoms with van der Waals surface area (Å²) < 4.78 is 0. The van der Waals surface area contributed by atoms with Crippen LogP contribution in [-0.4, -0.2) is 48.3 Å². The minimum absolute atomic E-state index is 0.0651. The molecule has 4 amide bonds. The van der Waals surface area contributed by atoms with Gasteiger partial charge in [-0.15, -0.1) is 11.6 Å². The number of nitrogens with zero attached hydrogens (tertiary/aromatic N) is 1. The summed E-state index contributed by atoms with van der Waals surface area (Å²) in [6.07, 6.45) is 0.997. The third-order valence-corrected chi connectivity index (χ3v) is 2.58. The Hall–Kier alpha value is -1.30. The summed E-state index contributed by atoms with van der Waals surface area (Å²) in [5, 5.41) is 4.69. The number of urea groups is 1. The van der Waals surface area contributed by atoms with Gasteiger partial charge in [0, 0.05) is 26.1 Å². The van der Waals surface area contributed by atoms with Gasteiger partial charge in [0.25, 0.3) is 0 Å². The minimum Gasteiger partial charge on any atom is -0.344 e. The van der Waals surface area contributed by atoms with Crippen molar-refractivity contribution in [3.8, 4) is 0 Å². The first-order valence-electron chi connectivity index (χ1n) is 4.93. The second-order valence-corrected chi connectivity index (χ2v) is 3.93. The first-order chi connectivity index (χ1) is 7.52. The van der Waals surface area contributed by atoms with Crippen LogP contribution in [0, 0.1) is 0 Å². The first kappa shape index (κ1) is 12.8. The van der Waals surface area contributed by atoms with Crippen LogP contribution in [0.2, 0.25) is 0 Å². The molecule has 16 heavy (non-hydrogen) atoms. The van der Waals surface area contributed by atoms with E-state index in [-0.39, 0.29) is 17.8 Å². The average molecular weight is 248 g/mol. The number of likely N-dealkylation sites (tertiary alicyclic amines) is 1. The summed E-state index contributed by atoms with van der Waals surface area (Å²) in [5.74, 6) is -0.731. The Morgan fingerprint density at radius 3 is 2.81 bits per heavy atom. The van der Waals surface area contributed by atoms with Gasteiger partial charge < -0.3 is 10.2 Å². The number of carbonyl (C=O) groups is 3. The molecule has 0 aliphatic carbocycles. The van der Waals surface area contributed by atoms with Crippen LogP contribution < -0.4 is 10.6 Å². The van der Waals surface area contributed by atoms with Gasteiger partial charge in [-0.05, 0) is 6.42 Å². The number of amides is 4. The van der Waals surface area contributed by atoms with Gasteiger partial charge in [-0.3, -0.25) is 14.9 Å². The van der Waals surface area contributed by atoms with Gasteiger partial charge in [-0.1, -0.05) is 0 Å². The SMILES string of the molecule is CN1CC(NC(=O)NC(=O)CCl)CCC1=O. The minimum atomic E-state index is -0.571. The van der Waals surface area contributed by atoms with E-state index in [4.69, 9.17) is 11.6 Å². The van der Waals surface area contributed by atoms with Crippen molar-refractivity contribution >= 4 is 29.4 Å². The maximum atomic E-state index is 11.3. The fourth-order valence-electron chi connectivity index (χ4n) is 1.51. The van der Waals surface area contributed by atoms with E-state index in [0.717, 1.165) is 0 Å². The van der Waals surface area contributed by atoms with E-state index < -0.39 is 11.9 Å². The Kier molecular flexibility index (Phi) is 4.54. The van der Waals surface area contributed by atoms with E-state index in [1.165, 1.54) is 0 Å². The van der Waals surface area contributed by atoms with Crippen molar-refractivity contribution in [1.82, 2.24) is 15.5 Å². The standard InChI is InChI=1S/C9H14ClN3O3/c1-13-5-6(2-3-8(13)15)11-9(16)12-7(14)4-10/h6H,2-5H2,1H3,(H2,11,12,14,16). The Balaban J connectivity index is 2.35. The zero-order chi connectivity index (χ0) is 12.1. The van der Waals surface area contributed by atoms with Crippen LogP contribution in [0.4, 0.5) is 4.79 Å². The van der Waals surface area contributed by atoms with Crippen LogP contribution in [0.25, 0.3) is 0 Å². The fraction of sp³-hybridized carbons (Fsp3) is 0.667. The van der Waals surface area contributed by atoms with Gasteiger partial charge in [-0.25, -0.2) is 4.79 Å². The normalized spacial score (nSPS) is 20.5. The van der Waals surface area contributed by atoms with Crippen molar-refractivity contribution in [3.63, 3.8) is 0 Å². The van der Waals surface area contributed by atoms with Gasteiger partial charge in [0.05, 0.1) is 0 Å². The molecule has 0 spiro atoms. The summed E-state index contributed by atoms with van der Waals surface area (Å²) in [6, 6.07) is -0.691. The fourth-order valence-corrected chi connectivity index (χ4v) is 1.58. The van der Waals surface area contributed by atoms with Crippen molar-refractivity contribution < 1.29 is 14.4 Å². The maximum absolute atomic E-state index is 11.3. The number of hydrogen-bond acceptors (Lipinski definition) is 3. The molecular formula is C9H14ClN3O3. The average Bonchev–Trinajstić information content (AvgIpc) is 2.23. The Labute approximate surface area is 98.3 Å². The molecule has 7 heteroatoms. The highest BCUT2D eigenvalue weighted by Crippen LogP contribution is 2.09. The Morgan fingerprint density at radius 1 is 1.56 bits per heavy atom. The van der Waals surface area contributed by atoms with Crippen LogP contribution in [0.1, 0.15) is 12.8 Å². The lowest BCUT2D eigenvalue weighted by Gasteiger charge is -2.29. The molecule has 1 aliphatic heterocycles. The first-order valence-corrected chi connectivity index (χ1v) is 5.46. The van der Waals surface area contributed by atoms with E-state index in [1.54, 1.807) is 11.9 Å². The second kappa shape index (κ2) is 5.69. The molecule has 0 bridgehead atoms. The predicted molar refractivity (Wildman–Crippen MR) is 58.1 cm³/mol. The quantitative estimate of drug-likeness (QED) is 0.656. The number of halogens is 1. The second-order valence-electron chi connectivity index (χ2n) is 3.67. The van der Waals surface area contributed by atoms with Crippen LogP contribution in [-0.2, 0) is 9.59 Å². The smallest absolute Gasteiger partial charge is 0.321 e. The highest BCUT2D eigenvalue weighted by Gasteiger charge is 2.24. The number of alkyl halides is 1. The lowest BCUT2D eigenvalue weighted by atomic mass is 10.1. The van der Waals surface area contributed by atoms with E-state index in [0.29, 0.717) is 19.4 Å². The molecular weight excluding hydrogens is 234 g/mol. The van der Waals surface area contributed by atoms with Crippen molar-refractivity contribution in [2.24, 2.45) is 0 Å². The highest BCUT2D eigenvalue weighted by atomic mass is 35.5. The van der Waals surface area contributed by atoms with Crippen LogP contribution in [0.3, 0.4) is 0 Å². The van der Waals surface area contributed by atoms with Gasteiger partial charge >= 0.3 is 6.03 Å². The van der Waals surface area contributed by atoms with Crippen LogP contribution in [0.15, 0.2) is 0 Å². The number of rotatable bonds is 2. The van der Waals surface area contributed by atoms with Crippen molar-refractivity contribution in [2.75, 3.05) is 19.5 Å². The Morgan fingerprint density at radius 2 is 2.25 bits per heavy atom. The number of imide groups is 1. The van der Waals surface area contributed by atoms with Gasteiger partial charge in [0.1, 0.15) is 5.88 Å². The molecule has 1 saturated heterocycles. The largest absolute Gasteiger partial charge is 0.344 e. The van der Waals surface area contributed by atoms with E-state index in [9.17, 15) is 14.4 Å². The number of piperidine rings is 1. The number of likely N-dealkylation sites (N-methyl/N-ethyl adjacent to an activating group) is 1. The lowest BCUT2D eigenvalue weighted by Crippen LogP contribution is -2.52. The van der Waals surface area contributed by atoms with E-state index >= 15 is 0 Å². The molecule has 1 unspecified atom stereocenters. The third-order valence-electron chi connectivity index (χ3n) is 2.34. The van der Waals surface area contributed by atoms with Crippen LogP contribution in [0.5, 0.6) is 0 Å². The molecule has 90 valence electrons. The van der Waals surface area contributed by atoms with Gasteiger partial charge in [0.15, 0.2) is 0 Å². The zero-order valence-electron chi connectivity index (χ0n) is 8.96. The molecule has 2 N–H and O–H groups in total. The molecule has 0 aromatic heterocycles. The van der Waals surface area contributed by atoms with Gasteiger partial charge in [-0.2, -0.15) is 0 Å². The van der Waals surface area contributed by atoms with Crippen molar-refractivity contribution in [2.45, 2.75) is 18.9 Å². The summed E-state index contributed by atoms with van der Waals surface area (Å²) in [5.41, 5.74) is 0. The molecule has 1 atom stereocenters.